The maximum atomic E-state index is 5.31. The van der Waals surface area contributed by atoms with Crippen molar-refractivity contribution in [2.75, 3.05) is 14.2 Å². The topological polar surface area (TPSA) is 43.6 Å². The molecule has 1 aromatic carbocycles. The Morgan fingerprint density at radius 1 is 1.21 bits per heavy atom. The third-order valence-electron chi connectivity index (χ3n) is 2.70. The Balaban J connectivity index is 2.02. The molecule has 0 radical (unpaired) electrons. The van der Waals surface area contributed by atoms with Crippen LogP contribution in [-0.4, -0.2) is 14.2 Å². The molecule has 2 rings (SSSR count). The zero-order valence-electron chi connectivity index (χ0n) is 10.9. The van der Waals surface area contributed by atoms with Gasteiger partial charge in [-0.05, 0) is 45.8 Å². The Labute approximate surface area is 120 Å². The minimum absolute atomic E-state index is 0.693. The molecular weight excluding hydrogens is 310 g/mol. The maximum Gasteiger partial charge on any atom is 0.174 e. The van der Waals surface area contributed by atoms with Crippen LogP contribution in [0.15, 0.2) is 39.4 Å². The highest BCUT2D eigenvalue weighted by molar-refractivity contribution is 9.10. The standard InChI is InChI=1S/C14H16BrNO3/c1-17-13-7-10(6-12(15)14(13)18-2)8-16-9-11-4-3-5-19-11/h3-7,16H,8-9H2,1-2H3. The summed E-state index contributed by atoms with van der Waals surface area (Å²) in [6.07, 6.45) is 1.67. The van der Waals surface area contributed by atoms with Crippen molar-refractivity contribution < 1.29 is 13.9 Å². The van der Waals surface area contributed by atoms with E-state index in [1.54, 1.807) is 20.5 Å². The van der Waals surface area contributed by atoms with Crippen molar-refractivity contribution in [3.63, 3.8) is 0 Å². The number of benzene rings is 1. The summed E-state index contributed by atoms with van der Waals surface area (Å²) in [5.41, 5.74) is 1.11. The molecule has 19 heavy (non-hydrogen) atoms. The van der Waals surface area contributed by atoms with Gasteiger partial charge in [-0.1, -0.05) is 0 Å². The van der Waals surface area contributed by atoms with E-state index in [0.717, 1.165) is 22.3 Å². The van der Waals surface area contributed by atoms with Gasteiger partial charge in [-0.15, -0.1) is 0 Å². The lowest BCUT2D eigenvalue weighted by molar-refractivity contribution is 0.352. The van der Waals surface area contributed by atoms with E-state index in [-0.39, 0.29) is 0 Å². The first-order chi connectivity index (χ1) is 9.24. The van der Waals surface area contributed by atoms with Crippen molar-refractivity contribution in [3.05, 3.63) is 46.3 Å². The van der Waals surface area contributed by atoms with E-state index in [1.165, 1.54) is 0 Å². The summed E-state index contributed by atoms with van der Waals surface area (Å²) in [5, 5.41) is 3.31. The molecule has 0 saturated carbocycles. The van der Waals surface area contributed by atoms with Gasteiger partial charge in [0.1, 0.15) is 5.76 Å². The van der Waals surface area contributed by atoms with Gasteiger partial charge >= 0.3 is 0 Å². The minimum atomic E-state index is 0.693. The fourth-order valence-electron chi connectivity index (χ4n) is 1.82. The molecule has 1 aromatic heterocycles. The molecular formula is C14H16BrNO3. The molecule has 2 aromatic rings. The van der Waals surface area contributed by atoms with Crippen LogP contribution in [0.5, 0.6) is 11.5 Å². The van der Waals surface area contributed by atoms with Gasteiger partial charge in [0.15, 0.2) is 11.5 Å². The molecule has 0 unspecified atom stereocenters. The summed E-state index contributed by atoms with van der Waals surface area (Å²) < 4.78 is 16.7. The number of furan rings is 1. The number of rotatable bonds is 6. The molecule has 1 N–H and O–H groups in total. The Kier molecular flexibility index (Phi) is 4.87. The Morgan fingerprint density at radius 2 is 2.05 bits per heavy atom. The van der Waals surface area contributed by atoms with Crippen LogP contribution in [0.3, 0.4) is 0 Å². The lowest BCUT2D eigenvalue weighted by Gasteiger charge is -2.12. The molecule has 0 atom stereocenters. The first kappa shape index (κ1) is 14.0. The second-order valence-corrected chi connectivity index (χ2v) is 4.85. The fraction of sp³-hybridized carbons (Fsp3) is 0.286. The molecule has 102 valence electrons. The molecule has 0 saturated heterocycles. The normalized spacial score (nSPS) is 10.5. The average molecular weight is 326 g/mol. The van der Waals surface area contributed by atoms with Gasteiger partial charge in [0, 0.05) is 6.54 Å². The predicted octanol–water partition coefficient (Wildman–Crippen LogP) is 3.35. The van der Waals surface area contributed by atoms with Crippen molar-refractivity contribution in [2.45, 2.75) is 13.1 Å². The van der Waals surface area contributed by atoms with E-state index in [9.17, 15) is 0 Å². The summed E-state index contributed by atoms with van der Waals surface area (Å²) in [6, 6.07) is 7.79. The van der Waals surface area contributed by atoms with E-state index >= 15 is 0 Å². The number of halogens is 1. The lowest BCUT2D eigenvalue weighted by atomic mass is 10.2. The second kappa shape index (κ2) is 6.63. The van der Waals surface area contributed by atoms with Crippen LogP contribution < -0.4 is 14.8 Å². The van der Waals surface area contributed by atoms with Gasteiger partial charge in [-0.3, -0.25) is 0 Å². The summed E-state index contributed by atoms with van der Waals surface area (Å²) >= 11 is 3.48. The van der Waals surface area contributed by atoms with Crippen LogP contribution in [0.1, 0.15) is 11.3 Å². The first-order valence-corrected chi connectivity index (χ1v) is 6.67. The maximum absolute atomic E-state index is 5.31. The zero-order valence-corrected chi connectivity index (χ0v) is 12.5. The average Bonchev–Trinajstić information content (AvgIpc) is 2.91. The van der Waals surface area contributed by atoms with E-state index in [0.29, 0.717) is 18.0 Å². The van der Waals surface area contributed by atoms with Gasteiger partial charge in [-0.2, -0.15) is 0 Å². The number of methoxy groups -OCH3 is 2. The largest absolute Gasteiger partial charge is 0.493 e. The van der Waals surface area contributed by atoms with Gasteiger partial charge in [0.25, 0.3) is 0 Å². The van der Waals surface area contributed by atoms with E-state index < -0.39 is 0 Å². The Hall–Kier alpha value is -1.46. The van der Waals surface area contributed by atoms with Gasteiger partial charge in [0.2, 0.25) is 0 Å². The summed E-state index contributed by atoms with van der Waals surface area (Å²) in [6.45, 7) is 1.42. The molecule has 0 bridgehead atoms. The Bertz CT molecular complexity index is 526. The highest BCUT2D eigenvalue weighted by atomic mass is 79.9. The van der Waals surface area contributed by atoms with Crippen LogP contribution in [0.25, 0.3) is 0 Å². The molecule has 4 nitrogen and oxygen atoms in total. The van der Waals surface area contributed by atoms with Crippen LogP contribution in [0.4, 0.5) is 0 Å². The molecule has 5 heteroatoms. The van der Waals surface area contributed by atoms with E-state index in [4.69, 9.17) is 13.9 Å². The van der Waals surface area contributed by atoms with Gasteiger partial charge < -0.3 is 19.2 Å². The molecule has 0 aliphatic heterocycles. The Morgan fingerprint density at radius 3 is 2.68 bits per heavy atom. The molecule has 0 aliphatic carbocycles. The summed E-state index contributed by atoms with van der Waals surface area (Å²) in [7, 11) is 3.25. The highest BCUT2D eigenvalue weighted by Gasteiger charge is 2.10. The van der Waals surface area contributed by atoms with Crippen molar-refractivity contribution in [1.82, 2.24) is 5.32 Å². The number of ether oxygens (including phenoxy) is 2. The SMILES string of the molecule is COc1cc(CNCc2ccco2)cc(Br)c1OC. The molecule has 1 heterocycles. The predicted molar refractivity (Wildman–Crippen MR) is 76.5 cm³/mol. The fourth-order valence-corrected chi connectivity index (χ4v) is 2.47. The van der Waals surface area contributed by atoms with Crippen LogP contribution in [0.2, 0.25) is 0 Å². The summed E-state index contributed by atoms with van der Waals surface area (Å²) in [5.74, 6) is 2.34. The third-order valence-corrected chi connectivity index (χ3v) is 3.29. The molecule has 0 amide bonds. The van der Waals surface area contributed by atoms with Crippen LogP contribution >= 0.6 is 15.9 Å². The van der Waals surface area contributed by atoms with Gasteiger partial charge in [-0.25, -0.2) is 0 Å². The number of nitrogens with one attached hydrogen (secondary N) is 1. The summed E-state index contributed by atoms with van der Waals surface area (Å²) in [4.78, 5) is 0. The minimum Gasteiger partial charge on any atom is -0.493 e. The zero-order chi connectivity index (χ0) is 13.7. The van der Waals surface area contributed by atoms with E-state index in [2.05, 4.69) is 21.2 Å². The molecule has 0 fully saturated rings. The van der Waals surface area contributed by atoms with Crippen molar-refractivity contribution in [1.29, 1.82) is 0 Å². The number of hydrogen-bond acceptors (Lipinski definition) is 4. The van der Waals surface area contributed by atoms with Crippen LogP contribution in [0, 0.1) is 0 Å². The highest BCUT2D eigenvalue weighted by Crippen LogP contribution is 2.36. The van der Waals surface area contributed by atoms with E-state index in [1.807, 2.05) is 24.3 Å². The first-order valence-electron chi connectivity index (χ1n) is 5.88. The van der Waals surface area contributed by atoms with Crippen molar-refractivity contribution in [3.8, 4) is 11.5 Å². The van der Waals surface area contributed by atoms with Crippen molar-refractivity contribution in [2.24, 2.45) is 0 Å². The van der Waals surface area contributed by atoms with Crippen molar-refractivity contribution >= 4 is 15.9 Å². The second-order valence-electron chi connectivity index (χ2n) is 4.00. The molecule has 0 aliphatic rings. The smallest absolute Gasteiger partial charge is 0.174 e. The lowest BCUT2D eigenvalue weighted by Crippen LogP contribution is -2.12. The van der Waals surface area contributed by atoms with Crippen LogP contribution in [-0.2, 0) is 13.1 Å². The molecule has 0 spiro atoms. The quantitative estimate of drug-likeness (QED) is 0.884. The van der Waals surface area contributed by atoms with Gasteiger partial charge in [0.05, 0.1) is 31.5 Å². The number of hydrogen-bond donors (Lipinski definition) is 1. The third kappa shape index (κ3) is 3.52. The monoisotopic (exact) mass is 325 g/mol.